The van der Waals surface area contributed by atoms with Crippen LogP contribution < -0.4 is 9.47 Å². The van der Waals surface area contributed by atoms with Crippen LogP contribution in [0.15, 0.2) is 52.8 Å². The third-order valence-corrected chi connectivity index (χ3v) is 5.80. The van der Waals surface area contributed by atoms with Crippen LogP contribution in [-0.2, 0) is 13.1 Å². The highest BCUT2D eigenvalue weighted by molar-refractivity contribution is 6.35. The van der Waals surface area contributed by atoms with Crippen molar-refractivity contribution in [1.82, 2.24) is 4.90 Å². The molecule has 0 fully saturated rings. The van der Waals surface area contributed by atoms with E-state index < -0.39 is 0 Å². The first-order chi connectivity index (χ1) is 14.5. The molecular formula is C23H17Cl2NO4. The molecule has 3 heterocycles. The summed E-state index contributed by atoms with van der Waals surface area (Å²) in [4.78, 5) is 15.1. The second kappa shape index (κ2) is 7.51. The van der Waals surface area contributed by atoms with Crippen LogP contribution in [0, 0.1) is 6.92 Å². The number of furan rings is 1. The van der Waals surface area contributed by atoms with Crippen molar-refractivity contribution in [3.05, 3.63) is 86.5 Å². The average molecular weight is 442 g/mol. The van der Waals surface area contributed by atoms with Gasteiger partial charge in [-0.05, 0) is 48.4 Å². The van der Waals surface area contributed by atoms with Crippen molar-refractivity contribution in [1.29, 1.82) is 0 Å². The van der Waals surface area contributed by atoms with E-state index in [9.17, 15) is 4.79 Å². The lowest BCUT2D eigenvalue weighted by atomic mass is 9.98. The van der Waals surface area contributed by atoms with E-state index in [-0.39, 0.29) is 11.5 Å². The van der Waals surface area contributed by atoms with Crippen molar-refractivity contribution in [3.8, 4) is 11.5 Å². The number of ketones is 1. The summed E-state index contributed by atoms with van der Waals surface area (Å²) < 4.78 is 17.3. The number of ether oxygens (including phenoxy) is 2. The first-order valence-electron chi connectivity index (χ1n) is 9.43. The molecule has 0 radical (unpaired) electrons. The lowest BCUT2D eigenvalue weighted by molar-refractivity contribution is 0.0872. The zero-order valence-electron chi connectivity index (χ0n) is 16.1. The molecule has 5 rings (SSSR count). The third kappa shape index (κ3) is 3.39. The van der Waals surface area contributed by atoms with Gasteiger partial charge >= 0.3 is 0 Å². The maximum atomic E-state index is 13.0. The number of halogens is 2. The Balaban J connectivity index is 1.46. The smallest absolute Gasteiger partial charge is 0.232 e. The summed E-state index contributed by atoms with van der Waals surface area (Å²) in [5.74, 6) is 1.94. The molecule has 0 aliphatic carbocycles. The van der Waals surface area contributed by atoms with Gasteiger partial charge in [-0.25, -0.2) is 0 Å². The summed E-state index contributed by atoms with van der Waals surface area (Å²) in [6.07, 6.45) is 3.17. The van der Waals surface area contributed by atoms with Crippen molar-refractivity contribution in [3.63, 3.8) is 0 Å². The lowest BCUT2D eigenvalue weighted by Gasteiger charge is -2.30. The molecule has 0 N–H and O–H groups in total. The normalized spacial score (nSPS) is 16.9. The van der Waals surface area contributed by atoms with Crippen LogP contribution in [0.4, 0.5) is 0 Å². The fourth-order valence-corrected chi connectivity index (χ4v) is 4.24. The summed E-state index contributed by atoms with van der Waals surface area (Å²) in [6, 6.07) is 10.9. The van der Waals surface area contributed by atoms with Crippen molar-refractivity contribution in [2.24, 2.45) is 0 Å². The molecule has 152 valence electrons. The highest BCUT2D eigenvalue weighted by Crippen LogP contribution is 2.44. The zero-order chi connectivity index (χ0) is 20.8. The predicted molar refractivity (Wildman–Crippen MR) is 114 cm³/mol. The van der Waals surface area contributed by atoms with E-state index in [1.54, 1.807) is 30.5 Å². The Morgan fingerprint density at radius 2 is 2.07 bits per heavy atom. The highest BCUT2D eigenvalue weighted by atomic mass is 35.5. The Morgan fingerprint density at radius 1 is 1.20 bits per heavy atom. The maximum Gasteiger partial charge on any atom is 0.232 e. The van der Waals surface area contributed by atoms with Gasteiger partial charge in [0.25, 0.3) is 0 Å². The van der Waals surface area contributed by atoms with Gasteiger partial charge in [-0.1, -0.05) is 29.3 Å². The SMILES string of the molecule is Cc1cc2c(c3c1C(=O)/C(=C/c1ccco1)O3)CN(Cc1ccc(Cl)cc1Cl)CO2. The summed E-state index contributed by atoms with van der Waals surface area (Å²) in [5, 5.41) is 1.21. The van der Waals surface area contributed by atoms with E-state index >= 15 is 0 Å². The summed E-state index contributed by atoms with van der Waals surface area (Å²) in [5.41, 5.74) is 3.20. The Bertz CT molecular complexity index is 1180. The van der Waals surface area contributed by atoms with Gasteiger partial charge in [0, 0.05) is 29.2 Å². The number of Topliss-reactive ketones (excluding diaryl/α,β-unsaturated/α-hetero) is 1. The van der Waals surface area contributed by atoms with E-state index in [1.165, 1.54) is 0 Å². The van der Waals surface area contributed by atoms with Gasteiger partial charge in [-0.2, -0.15) is 0 Å². The number of rotatable bonds is 3. The van der Waals surface area contributed by atoms with Crippen molar-refractivity contribution < 1.29 is 18.7 Å². The van der Waals surface area contributed by atoms with Crippen LogP contribution >= 0.6 is 23.2 Å². The number of fused-ring (bicyclic) bond motifs is 3. The molecule has 0 bridgehead atoms. The molecule has 0 spiro atoms. The summed E-state index contributed by atoms with van der Waals surface area (Å²) in [6.45, 7) is 3.45. The van der Waals surface area contributed by atoms with Gasteiger partial charge in [-0.15, -0.1) is 0 Å². The molecule has 7 heteroatoms. The highest BCUT2D eigenvalue weighted by Gasteiger charge is 2.35. The monoisotopic (exact) mass is 441 g/mol. The third-order valence-electron chi connectivity index (χ3n) is 5.21. The summed E-state index contributed by atoms with van der Waals surface area (Å²) >= 11 is 12.3. The number of nitrogens with zero attached hydrogens (tertiary/aromatic N) is 1. The van der Waals surface area contributed by atoms with Crippen LogP contribution in [0.5, 0.6) is 11.5 Å². The van der Waals surface area contributed by atoms with E-state index in [2.05, 4.69) is 4.90 Å². The minimum Gasteiger partial charge on any atom is -0.478 e. The molecule has 5 nitrogen and oxygen atoms in total. The van der Waals surface area contributed by atoms with Crippen LogP contribution in [0.1, 0.15) is 32.8 Å². The summed E-state index contributed by atoms with van der Waals surface area (Å²) in [7, 11) is 0. The maximum absolute atomic E-state index is 13.0. The van der Waals surface area contributed by atoms with Gasteiger partial charge < -0.3 is 13.9 Å². The first kappa shape index (κ1) is 19.2. The number of hydrogen-bond donors (Lipinski definition) is 0. The Labute approximate surface area is 183 Å². The Hall–Kier alpha value is -2.73. The molecule has 2 aromatic carbocycles. The van der Waals surface area contributed by atoms with E-state index in [0.717, 1.165) is 22.4 Å². The second-order valence-corrected chi connectivity index (χ2v) is 8.17. The first-order valence-corrected chi connectivity index (χ1v) is 10.2. The molecule has 0 atom stereocenters. The van der Waals surface area contributed by atoms with Crippen LogP contribution in [0.3, 0.4) is 0 Å². The molecule has 1 aromatic heterocycles. The number of aryl methyl sites for hydroxylation is 1. The van der Waals surface area contributed by atoms with Gasteiger partial charge in [0.1, 0.15) is 24.0 Å². The van der Waals surface area contributed by atoms with Gasteiger partial charge in [0.15, 0.2) is 5.76 Å². The van der Waals surface area contributed by atoms with Crippen molar-refractivity contribution in [2.75, 3.05) is 6.73 Å². The molecular weight excluding hydrogens is 425 g/mol. The standard InChI is InChI=1S/C23H17Cl2NO4/c1-13-7-19-17(11-26(12-29-19)10-14-4-5-15(24)8-18(14)25)23-21(13)22(27)20(30-23)9-16-3-2-6-28-16/h2-9H,10-12H2,1H3/b20-9-. The molecule has 2 aliphatic rings. The van der Waals surface area contributed by atoms with Crippen LogP contribution in [0.25, 0.3) is 6.08 Å². The minimum absolute atomic E-state index is 0.153. The van der Waals surface area contributed by atoms with Gasteiger partial charge in [0.2, 0.25) is 5.78 Å². The van der Waals surface area contributed by atoms with Crippen molar-refractivity contribution in [2.45, 2.75) is 20.0 Å². The van der Waals surface area contributed by atoms with Gasteiger partial charge in [0.05, 0.1) is 17.4 Å². The topological polar surface area (TPSA) is 51.9 Å². The van der Waals surface area contributed by atoms with E-state index in [0.29, 0.717) is 46.9 Å². The van der Waals surface area contributed by atoms with Crippen LogP contribution in [0.2, 0.25) is 10.0 Å². The largest absolute Gasteiger partial charge is 0.478 e. The molecule has 0 unspecified atom stereocenters. The minimum atomic E-state index is -0.153. The Kier molecular flexibility index (Phi) is 4.82. The quantitative estimate of drug-likeness (QED) is 0.476. The fraction of sp³-hybridized carbons (Fsp3) is 0.174. The molecule has 30 heavy (non-hydrogen) atoms. The van der Waals surface area contributed by atoms with E-state index in [1.807, 2.05) is 25.1 Å². The lowest BCUT2D eigenvalue weighted by Crippen LogP contribution is -2.32. The van der Waals surface area contributed by atoms with Crippen molar-refractivity contribution >= 4 is 35.1 Å². The predicted octanol–water partition coefficient (Wildman–Crippen LogP) is 5.86. The Morgan fingerprint density at radius 3 is 2.83 bits per heavy atom. The molecule has 0 saturated carbocycles. The molecule has 0 saturated heterocycles. The van der Waals surface area contributed by atoms with Crippen LogP contribution in [-0.4, -0.2) is 17.4 Å². The molecule has 2 aliphatic heterocycles. The second-order valence-electron chi connectivity index (χ2n) is 7.33. The number of carbonyl (C=O) groups is 1. The number of hydrogen-bond acceptors (Lipinski definition) is 5. The van der Waals surface area contributed by atoms with E-state index in [4.69, 9.17) is 37.1 Å². The molecule has 0 amide bonds. The number of benzene rings is 2. The zero-order valence-corrected chi connectivity index (χ0v) is 17.6. The fourth-order valence-electron chi connectivity index (χ4n) is 3.77. The number of allylic oxidation sites excluding steroid dienone is 1. The average Bonchev–Trinajstić information content (AvgIpc) is 3.34. The number of carbonyl (C=O) groups excluding carboxylic acids is 1. The van der Waals surface area contributed by atoms with Gasteiger partial charge in [-0.3, -0.25) is 9.69 Å². The molecule has 3 aromatic rings.